The number of rotatable bonds is 2. The Kier molecular flexibility index (Phi) is 3.16. The Labute approximate surface area is 87.0 Å². The molecule has 0 aliphatic carbocycles. The fraction of sp³-hybridized carbons (Fsp3) is 0.200. The number of halogens is 2. The van der Waals surface area contributed by atoms with Crippen LogP contribution >= 0.6 is 12.6 Å². The predicted molar refractivity (Wildman–Crippen MR) is 56.8 cm³/mol. The van der Waals surface area contributed by atoms with E-state index < -0.39 is 5.92 Å². The quantitative estimate of drug-likeness (QED) is 0.442. The Hall–Kier alpha value is -1.03. The third-order valence-corrected chi connectivity index (χ3v) is 2.20. The number of alkyl halides is 2. The molecule has 4 heteroatoms. The summed E-state index contributed by atoms with van der Waals surface area (Å²) >= 11 is 4.01. The van der Waals surface area contributed by atoms with Crippen LogP contribution in [0.5, 0.6) is 0 Å². The second-order valence-corrected chi connectivity index (χ2v) is 3.38. The number of nitrogens with two attached hydrogens (primary N) is 1. The lowest BCUT2D eigenvalue weighted by atomic mass is 10.1. The molecule has 1 rings (SSSR count). The first-order chi connectivity index (χ1) is 6.47. The number of benzene rings is 1. The van der Waals surface area contributed by atoms with Gasteiger partial charge in [0.1, 0.15) is 0 Å². The monoisotopic (exact) mass is 215 g/mol. The van der Waals surface area contributed by atoms with Crippen molar-refractivity contribution in [1.82, 2.24) is 0 Å². The number of hydrogen-bond acceptors (Lipinski definition) is 2. The highest BCUT2D eigenvalue weighted by molar-refractivity contribution is 7.80. The first-order valence-electron chi connectivity index (χ1n) is 4.08. The van der Waals surface area contributed by atoms with Crippen LogP contribution in [0.3, 0.4) is 0 Å². The number of hydrogen-bond donors (Lipinski definition) is 2. The minimum Gasteiger partial charge on any atom is -0.398 e. The summed E-state index contributed by atoms with van der Waals surface area (Å²) in [5.74, 6) is -2.97. The molecule has 0 aromatic heterocycles. The van der Waals surface area contributed by atoms with Gasteiger partial charge in [0.25, 0.3) is 5.92 Å². The van der Waals surface area contributed by atoms with E-state index in [2.05, 4.69) is 12.6 Å². The van der Waals surface area contributed by atoms with Crippen LogP contribution in [0, 0.1) is 0 Å². The van der Waals surface area contributed by atoms with E-state index in [1.807, 2.05) is 0 Å². The van der Waals surface area contributed by atoms with Gasteiger partial charge in [-0.15, -0.1) is 12.6 Å². The van der Waals surface area contributed by atoms with Crippen LogP contribution in [0.4, 0.5) is 14.5 Å². The molecule has 0 saturated heterocycles. The van der Waals surface area contributed by atoms with Crippen molar-refractivity contribution >= 4 is 18.3 Å². The summed E-state index contributed by atoms with van der Waals surface area (Å²) in [7, 11) is 0. The average Bonchev–Trinajstić information content (AvgIpc) is 2.09. The van der Waals surface area contributed by atoms with E-state index >= 15 is 0 Å². The van der Waals surface area contributed by atoms with Crippen LogP contribution < -0.4 is 5.73 Å². The second kappa shape index (κ2) is 4.00. The van der Waals surface area contributed by atoms with Crippen molar-refractivity contribution in [2.24, 2.45) is 0 Å². The van der Waals surface area contributed by atoms with Gasteiger partial charge in [-0.05, 0) is 25.1 Å². The Bertz CT molecular complexity index is 361. The highest BCUT2D eigenvalue weighted by atomic mass is 32.1. The largest absolute Gasteiger partial charge is 0.398 e. The molecule has 0 radical (unpaired) electrons. The third kappa shape index (κ3) is 2.26. The standard InChI is InChI=1S/C10H11F2NS/c1-2-5-10(11,12)7-3-4-9(14)8(13)6-7/h2-6,14H,13H2,1H3/b5-2+. The zero-order valence-electron chi connectivity index (χ0n) is 7.67. The molecular weight excluding hydrogens is 204 g/mol. The van der Waals surface area contributed by atoms with Crippen LogP contribution in [0.15, 0.2) is 35.2 Å². The highest BCUT2D eigenvalue weighted by Crippen LogP contribution is 2.32. The maximum atomic E-state index is 13.3. The van der Waals surface area contributed by atoms with Gasteiger partial charge in [-0.1, -0.05) is 12.1 Å². The van der Waals surface area contributed by atoms with Crippen molar-refractivity contribution in [2.75, 3.05) is 5.73 Å². The van der Waals surface area contributed by atoms with Gasteiger partial charge in [-0.3, -0.25) is 0 Å². The Morgan fingerprint density at radius 2 is 2.07 bits per heavy atom. The van der Waals surface area contributed by atoms with Crippen LogP contribution in [0.1, 0.15) is 12.5 Å². The van der Waals surface area contributed by atoms with Crippen molar-refractivity contribution in [3.05, 3.63) is 35.9 Å². The molecule has 14 heavy (non-hydrogen) atoms. The minimum atomic E-state index is -2.97. The lowest BCUT2D eigenvalue weighted by molar-refractivity contribution is 0.0520. The van der Waals surface area contributed by atoms with Gasteiger partial charge in [-0.25, -0.2) is 0 Å². The van der Waals surface area contributed by atoms with E-state index in [1.165, 1.54) is 24.3 Å². The Morgan fingerprint density at radius 1 is 1.43 bits per heavy atom. The highest BCUT2D eigenvalue weighted by Gasteiger charge is 2.27. The third-order valence-electron chi connectivity index (χ3n) is 1.79. The Balaban J connectivity index is 3.14. The van der Waals surface area contributed by atoms with Crippen molar-refractivity contribution < 1.29 is 8.78 Å². The first-order valence-corrected chi connectivity index (χ1v) is 4.52. The molecule has 76 valence electrons. The molecule has 1 nitrogen and oxygen atoms in total. The maximum Gasteiger partial charge on any atom is 0.291 e. The van der Waals surface area contributed by atoms with Crippen LogP contribution in [0.25, 0.3) is 0 Å². The number of allylic oxidation sites excluding steroid dienone is 2. The molecule has 1 aromatic rings. The van der Waals surface area contributed by atoms with Gasteiger partial charge in [-0.2, -0.15) is 8.78 Å². The van der Waals surface area contributed by atoms with E-state index in [1.54, 1.807) is 6.92 Å². The van der Waals surface area contributed by atoms with Crippen molar-refractivity contribution in [3.63, 3.8) is 0 Å². The second-order valence-electron chi connectivity index (χ2n) is 2.90. The van der Waals surface area contributed by atoms with E-state index in [4.69, 9.17) is 5.73 Å². The molecule has 0 atom stereocenters. The van der Waals surface area contributed by atoms with Crippen LogP contribution in [-0.2, 0) is 5.92 Å². The summed E-state index contributed by atoms with van der Waals surface area (Å²) in [6.45, 7) is 1.55. The molecular formula is C10H11F2NS. The zero-order valence-corrected chi connectivity index (χ0v) is 8.56. The van der Waals surface area contributed by atoms with Gasteiger partial charge >= 0.3 is 0 Å². The van der Waals surface area contributed by atoms with Crippen molar-refractivity contribution in [1.29, 1.82) is 0 Å². The molecule has 0 aliphatic rings. The molecule has 0 heterocycles. The number of anilines is 1. The molecule has 0 aliphatic heterocycles. The summed E-state index contributed by atoms with van der Waals surface area (Å²) in [6, 6.07) is 4.02. The summed E-state index contributed by atoms with van der Waals surface area (Å²) in [6.07, 6.45) is 2.14. The van der Waals surface area contributed by atoms with Gasteiger partial charge in [0, 0.05) is 16.1 Å². The predicted octanol–water partition coefficient (Wildman–Crippen LogP) is 3.23. The van der Waals surface area contributed by atoms with Gasteiger partial charge in [0.15, 0.2) is 0 Å². The fourth-order valence-electron chi connectivity index (χ4n) is 1.07. The van der Waals surface area contributed by atoms with Gasteiger partial charge in [0.05, 0.1) is 0 Å². The number of nitrogen functional groups attached to an aromatic ring is 1. The molecule has 0 fully saturated rings. The summed E-state index contributed by atoms with van der Waals surface area (Å²) in [5.41, 5.74) is 5.62. The molecule has 0 bridgehead atoms. The molecule has 0 spiro atoms. The molecule has 2 N–H and O–H groups in total. The molecule has 1 aromatic carbocycles. The number of thiol groups is 1. The first kappa shape index (κ1) is 11.0. The lowest BCUT2D eigenvalue weighted by Crippen LogP contribution is -2.09. The van der Waals surface area contributed by atoms with E-state index in [0.717, 1.165) is 6.08 Å². The van der Waals surface area contributed by atoms with Gasteiger partial charge in [0.2, 0.25) is 0 Å². The maximum absolute atomic E-state index is 13.3. The summed E-state index contributed by atoms with van der Waals surface area (Å²) in [5, 5.41) is 0. The summed E-state index contributed by atoms with van der Waals surface area (Å²) in [4.78, 5) is 0.505. The van der Waals surface area contributed by atoms with E-state index in [-0.39, 0.29) is 11.3 Å². The van der Waals surface area contributed by atoms with E-state index in [9.17, 15) is 8.78 Å². The van der Waals surface area contributed by atoms with Crippen molar-refractivity contribution in [3.8, 4) is 0 Å². The average molecular weight is 215 g/mol. The summed E-state index contributed by atoms with van der Waals surface area (Å²) < 4.78 is 26.6. The van der Waals surface area contributed by atoms with Crippen LogP contribution in [-0.4, -0.2) is 0 Å². The fourth-order valence-corrected chi connectivity index (χ4v) is 1.21. The lowest BCUT2D eigenvalue weighted by Gasteiger charge is -2.13. The zero-order chi connectivity index (χ0) is 10.8. The van der Waals surface area contributed by atoms with Crippen LogP contribution in [0.2, 0.25) is 0 Å². The van der Waals surface area contributed by atoms with Crippen molar-refractivity contribution in [2.45, 2.75) is 17.7 Å². The SMILES string of the molecule is C/C=C/C(F)(F)c1ccc(S)c(N)c1. The molecule has 0 amide bonds. The smallest absolute Gasteiger partial charge is 0.291 e. The normalized spacial score (nSPS) is 12.3. The topological polar surface area (TPSA) is 26.0 Å². The van der Waals surface area contributed by atoms with E-state index in [0.29, 0.717) is 4.90 Å². The molecule has 0 unspecified atom stereocenters. The Morgan fingerprint density at radius 3 is 2.57 bits per heavy atom. The minimum absolute atomic E-state index is 0.120. The van der Waals surface area contributed by atoms with Gasteiger partial charge < -0.3 is 5.73 Å². The molecule has 0 saturated carbocycles.